The first-order valence-electron chi connectivity index (χ1n) is 11.6. The Morgan fingerprint density at radius 2 is 1.76 bits per heavy atom. The van der Waals surface area contributed by atoms with Crippen LogP contribution in [0.1, 0.15) is 33.1 Å². The van der Waals surface area contributed by atoms with Gasteiger partial charge < -0.3 is 30.3 Å². The Bertz CT molecular complexity index is 1090. The first-order valence-corrected chi connectivity index (χ1v) is 14.9. The summed E-state index contributed by atoms with van der Waals surface area (Å²) in [5.74, 6) is -3.95. The second-order valence-corrected chi connectivity index (χ2v) is 13.1. The van der Waals surface area contributed by atoms with Crippen LogP contribution in [0, 0.1) is 17.8 Å². The molecule has 18 heteroatoms. The molecule has 0 bridgehead atoms. The fraction of sp³-hybridized carbons (Fsp3) is 0.800. The Labute approximate surface area is 243 Å². The molecule has 3 amide bonds. The Hall–Kier alpha value is -1.34. The number of hydrogen-bond donors (Lipinski definition) is 4. The van der Waals surface area contributed by atoms with Gasteiger partial charge in [0.05, 0.1) is 18.9 Å². The van der Waals surface area contributed by atoms with Crippen molar-refractivity contribution in [2.45, 2.75) is 50.6 Å². The molecule has 2 fully saturated rings. The van der Waals surface area contributed by atoms with Gasteiger partial charge in [0.2, 0.25) is 27.3 Å². The predicted octanol–water partition coefficient (Wildman–Crippen LogP) is -5.53. The molecule has 0 aromatic carbocycles. The molecule has 2 heterocycles. The van der Waals surface area contributed by atoms with Crippen LogP contribution in [0.5, 0.6) is 0 Å². The van der Waals surface area contributed by atoms with Gasteiger partial charge in [-0.3, -0.25) is 14.4 Å². The van der Waals surface area contributed by atoms with E-state index in [0.717, 1.165) is 6.26 Å². The van der Waals surface area contributed by atoms with E-state index in [1.54, 1.807) is 13.8 Å². The summed E-state index contributed by atoms with van der Waals surface area (Å²) in [4.78, 5) is 49.8. The molecule has 0 aliphatic carbocycles. The molecule has 15 nitrogen and oxygen atoms in total. The summed E-state index contributed by atoms with van der Waals surface area (Å²) in [6, 6.07) is -2.93. The fourth-order valence-electron chi connectivity index (χ4n) is 3.97. The van der Waals surface area contributed by atoms with Crippen molar-refractivity contribution in [3.05, 3.63) is 0 Å². The van der Waals surface area contributed by atoms with E-state index in [0.29, 0.717) is 6.54 Å². The van der Waals surface area contributed by atoms with E-state index >= 15 is 0 Å². The van der Waals surface area contributed by atoms with Gasteiger partial charge in [-0.1, -0.05) is 13.8 Å². The molecular formula is C20H33N4NaO11S2. The summed E-state index contributed by atoms with van der Waals surface area (Å²) in [5.41, 5.74) is -2.95. The van der Waals surface area contributed by atoms with E-state index in [1.807, 2.05) is 0 Å². The van der Waals surface area contributed by atoms with Crippen molar-refractivity contribution in [1.82, 2.24) is 20.3 Å². The van der Waals surface area contributed by atoms with Crippen molar-refractivity contribution in [3.63, 3.8) is 0 Å². The molecule has 2 rings (SSSR count). The van der Waals surface area contributed by atoms with Crippen molar-refractivity contribution in [1.29, 1.82) is 0 Å². The normalized spacial score (nSPS) is 20.9. The number of carbonyl (C=O) groups is 4. The number of carbonyl (C=O) groups excluding carboxylic acids is 4. The molecule has 0 spiro atoms. The van der Waals surface area contributed by atoms with E-state index in [1.165, 1.54) is 4.31 Å². The number of nitrogens with zero attached hydrogens (tertiary/aromatic N) is 1. The molecule has 0 aromatic heterocycles. The molecule has 2 saturated heterocycles. The van der Waals surface area contributed by atoms with Gasteiger partial charge in [0.25, 0.3) is 0 Å². The van der Waals surface area contributed by atoms with E-state index in [4.69, 9.17) is 4.74 Å². The van der Waals surface area contributed by atoms with Crippen molar-refractivity contribution >= 4 is 43.8 Å². The molecular weight excluding hydrogens is 559 g/mol. The Morgan fingerprint density at radius 1 is 1.16 bits per heavy atom. The van der Waals surface area contributed by atoms with Gasteiger partial charge in [-0.05, 0) is 25.2 Å². The Kier molecular flexibility index (Phi) is 13.1. The minimum atomic E-state index is -5.44. The molecule has 38 heavy (non-hydrogen) atoms. The number of ether oxygens (including phenoxy) is 1. The molecule has 1 unspecified atom stereocenters. The van der Waals surface area contributed by atoms with Crippen LogP contribution in [0.4, 0.5) is 4.79 Å². The number of alkyl carbamates (subject to hydrolysis) is 1. The van der Waals surface area contributed by atoms with Gasteiger partial charge in [0, 0.05) is 31.5 Å². The molecule has 4 atom stereocenters. The zero-order valence-electron chi connectivity index (χ0n) is 21.7. The molecule has 212 valence electrons. The predicted molar refractivity (Wildman–Crippen MR) is 126 cm³/mol. The number of rotatable bonds is 13. The zero-order chi connectivity index (χ0) is 28.1. The van der Waals surface area contributed by atoms with E-state index < -0.39 is 67.3 Å². The van der Waals surface area contributed by atoms with Crippen LogP contribution in [0.15, 0.2) is 0 Å². The monoisotopic (exact) mass is 592 g/mol. The third kappa shape index (κ3) is 10.3. The van der Waals surface area contributed by atoms with Gasteiger partial charge in [-0.15, -0.1) is 0 Å². The number of aliphatic hydroxyl groups excluding tert-OH is 1. The summed E-state index contributed by atoms with van der Waals surface area (Å²) in [7, 11) is -8.77. The topological polar surface area (TPSA) is 228 Å². The van der Waals surface area contributed by atoms with Gasteiger partial charge in [-0.2, -0.15) is 0 Å². The van der Waals surface area contributed by atoms with E-state index in [9.17, 15) is 45.7 Å². The largest absolute Gasteiger partial charge is 1.00 e. The summed E-state index contributed by atoms with van der Waals surface area (Å²) in [6.45, 7) is 4.07. The average molecular weight is 593 g/mol. The Balaban J connectivity index is 0.00000722. The molecule has 0 radical (unpaired) electrons. The fourth-order valence-corrected chi connectivity index (χ4v) is 5.38. The Morgan fingerprint density at radius 3 is 2.24 bits per heavy atom. The second-order valence-electron chi connectivity index (χ2n) is 9.69. The number of Topliss-reactive ketones (excluding diaryl/α,β-unsaturated/α-hetero) is 1. The number of hydrogen-bond acceptors (Lipinski definition) is 11. The van der Waals surface area contributed by atoms with Crippen LogP contribution in [0.2, 0.25) is 0 Å². The van der Waals surface area contributed by atoms with Crippen LogP contribution in [0.3, 0.4) is 0 Å². The third-order valence-corrected chi connectivity index (χ3v) is 8.03. The minimum Gasteiger partial charge on any atom is -0.746 e. The average Bonchev–Trinajstić information content (AvgIpc) is 3.12. The second kappa shape index (κ2) is 14.3. The van der Waals surface area contributed by atoms with Gasteiger partial charge in [0.15, 0.2) is 5.78 Å². The number of nitrogens with one attached hydrogen (secondary N) is 3. The maximum absolute atomic E-state index is 13.0. The maximum Gasteiger partial charge on any atom is 1.00 e. The first kappa shape index (κ1) is 34.7. The van der Waals surface area contributed by atoms with E-state index in [2.05, 4.69) is 16.0 Å². The van der Waals surface area contributed by atoms with Gasteiger partial charge >= 0.3 is 35.7 Å². The first-order chi connectivity index (χ1) is 17.0. The molecule has 0 aromatic rings. The SMILES string of the molecule is CC(C)C[C@H](NC(=O)OCC1CN(S(C)(=O)=O)C1)C(=O)N[C@@H](C[C@H]1CCNC1=O)C(=O)C(O)S(=O)(=O)[O-].[Na+]. The van der Waals surface area contributed by atoms with Crippen LogP contribution in [-0.4, -0.2) is 105 Å². The number of ketones is 1. The number of amides is 3. The summed E-state index contributed by atoms with van der Waals surface area (Å²) in [6.07, 6.45) is 0.101. The van der Waals surface area contributed by atoms with Crippen LogP contribution in [-0.2, 0) is 39.3 Å². The standard InChI is InChI=1S/C20H34N4O11S2.Na/c1-11(2)6-15(23-20(29)35-10-12-8-24(9-12)36(3,30)31)18(27)22-14(7-13-4-5-21-17(13)26)16(25)19(28)37(32,33)34;/h11-15,19,28H,4-10H2,1-3H3,(H,21,26)(H,22,27)(H,23,29)(H,32,33,34);/q;+1/p-1/t13-,14+,15+,19?;/m1./s1. The van der Waals surface area contributed by atoms with Crippen LogP contribution in [0.25, 0.3) is 0 Å². The number of aliphatic hydroxyl groups is 1. The molecule has 2 aliphatic heterocycles. The third-order valence-electron chi connectivity index (χ3n) is 6.02. The summed E-state index contributed by atoms with van der Waals surface area (Å²) >= 11 is 0. The minimum absolute atomic E-state index is 0. The van der Waals surface area contributed by atoms with Gasteiger partial charge in [-0.25, -0.2) is 25.9 Å². The zero-order valence-corrected chi connectivity index (χ0v) is 25.3. The van der Waals surface area contributed by atoms with Gasteiger partial charge in [0.1, 0.15) is 16.2 Å². The van der Waals surface area contributed by atoms with Crippen molar-refractivity contribution in [3.8, 4) is 0 Å². The summed E-state index contributed by atoms with van der Waals surface area (Å²) in [5, 5.41) is 16.8. The maximum atomic E-state index is 13.0. The quantitative estimate of drug-likeness (QED) is 0.116. The molecule has 0 saturated carbocycles. The van der Waals surface area contributed by atoms with Crippen LogP contribution < -0.4 is 45.5 Å². The van der Waals surface area contributed by atoms with Crippen molar-refractivity contribution < 1.29 is 80.0 Å². The summed E-state index contributed by atoms with van der Waals surface area (Å²) < 4.78 is 62.7. The van der Waals surface area contributed by atoms with E-state index in [-0.39, 0.29) is 80.4 Å². The van der Waals surface area contributed by atoms with Crippen LogP contribution >= 0.6 is 0 Å². The van der Waals surface area contributed by atoms with Crippen molar-refractivity contribution in [2.24, 2.45) is 17.8 Å². The van der Waals surface area contributed by atoms with Crippen molar-refractivity contribution in [2.75, 3.05) is 32.5 Å². The number of sulfonamides is 1. The molecule has 2 aliphatic rings. The molecule has 4 N–H and O–H groups in total. The smallest absolute Gasteiger partial charge is 0.746 e.